The van der Waals surface area contributed by atoms with E-state index in [0.717, 1.165) is 12.1 Å². The molecule has 4 nitrogen and oxygen atoms in total. The Morgan fingerprint density at radius 3 is 3.00 bits per heavy atom. The van der Waals surface area contributed by atoms with Crippen LogP contribution in [0.1, 0.15) is 5.56 Å². The molecule has 18 heavy (non-hydrogen) atoms. The Labute approximate surface area is 117 Å². The Morgan fingerprint density at radius 1 is 1.56 bits per heavy atom. The Hall–Kier alpha value is -0.810. The lowest BCUT2D eigenvalue weighted by Gasteiger charge is -2.30. The van der Waals surface area contributed by atoms with E-state index in [1.807, 2.05) is 24.3 Å². The molecule has 1 aromatic carbocycles. The Morgan fingerprint density at radius 2 is 2.33 bits per heavy atom. The van der Waals surface area contributed by atoms with Crippen molar-refractivity contribution in [1.82, 2.24) is 4.90 Å². The van der Waals surface area contributed by atoms with Gasteiger partial charge in [0.15, 0.2) is 6.10 Å². The van der Waals surface area contributed by atoms with E-state index in [2.05, 4.69) is 4.90 Å². The molecule has 0 saturated carbocycles. The summed E-state index contributed by atoms with van der Waals surface area (Å²) in [6.07, 6.45) is -0.720. The molecule has 100 valence electrons. The van der Waals surface area contributed by atoms with Crippen LogP contribution in [-0.2, 0) is 16.1 Å². The van der Waals surface area contributed by atoms with Gasteiger partial charge in [-0.3, -0.25) is 4.90 Å². The number of carboxylic acids is 1. The summed E-state index contributed by atoms with van der Waals surface area (Å²) in [5.41, 5.74) is 1.09. The number of hydrogen-bond acceptors (Lipinski definition) is 3. The Bertz CT molecular complexity index is 414. The normalized spacial score (nSPS) is 20.2. The Balaban J connectivity index is 0.00000162. The van der Waals surface area contributed by atoms with Crippen LogP contribution >= 0.6 is 24.0 Å². The van der Waals surface area contributed by atoms with Crippen molar-refractivity contribution in [1.29, 1.82) is 0 Å². The maximum atomic E-state index is 10.8. The van der Waals surface area contributed by atoms with Gasteiger partial charge in [-0.25, -0.2) is 4.79 Å². The second-order valence-electron chi connectivity index (χ2n) is 4.06. The zero-order valence-electron chi connectivity index (χ0n) is 9.71. The summed E-state index contributed by atoms with van der Waals surface area (Å²) in [4.78, 5) is 12.9. The molecule has 2 rings (SSSR count). The van der Waals surface area contributed by atoms with Gasteiger partial charge in [-0.1, -0.05) is 23.7 Å². The third kappa shape index (κ3) is 4.14. The van der Waals surface area contributed by atoms with E-state index >= 15 is 0 Å². The lowest BCUT2D eigenvalue weighted by molar-refractivity contribution is -0.156. The minimum Gasteiger partial charge on any atom is -0.479 e. The second kappa shape index (κ2) is 6.95. The van der Waals surface area contributed by atoms with Crippen LogP contribution in [0.3, 0.4) is 0 Å². The van der Waals surface area contributed by atoms with Crippen molar-refractivity contribution in [2.24, 2.45) is 0 Å². The first kappa shape index (κ1) is 15.2. The SMILES string of the molecule is Cl.O=C(O)C1CN(Cc2cccc(Cl)c2)CCO1. The van der Waals surface area contributed by atoms with Crippen LogP contribution in [0.2, 0.25) is 5.02 Å². The van der Waals surface area contributed by atoms with E-state index in [1.165, 1.54) is 0 Å². The van der Waals surface area contributed by atoms with Gasteiger partial charge in [-0.05, 0) is 17.7 Å². The molecular formula is C12H15Cl2NO3. The maximum absolute atomic E-state index is 10.8. The quantitative estimate of drug-likeness (QED) is 0.926. The predicted molar refractivity (Wildman–Crippen MR) is 71.4 cm³/mol. The molecule has 6 heteroatoms. The van der Waals surface area contributed by atoms with Crippen LogP contribution in [-0.4, -0.2) is 41.8 Å². The molecule has 0 aliphatic carbocycles. The molecule has 1 atom stereocenters. The third-order valence-electron chi connectivity index (χ3n) is 2.72. The molecule has 1 fully saturated rings. The average molecular weight is 292 g/mol. The molecule has 1 aliphatic rings. The van der Waals surface area contributed by atoms with E-state index in [9.17, 15) is 4.79 Å². The second-order valence-corrected chi connectivity index (χ2v) is 4.50. The molecule has 1 aromatic rings. The molecule has 1 N–H and O–H groups in total. The first-order valence-electron chi connectivity index (χ1n) is 5.46. The zero-order chi connectivity index (χ0) is 12.3. The van der Waals surface area contributed by atoms with Gasteiger partial charge in [0.2, 0.25) is 0 Å². The van der Waals surface area contributed by atoms with Crippen molar-refractivity contribution < 1.29 is 14.6 Å². The lowest BCUT2D eigenvalue weighted by Crippen LogP contribution is -2.45. The van der Waals surface area contributed by atoms with E-state index in [-0.39, 0.29) is 12.4 Å². The van der Waals surface area contributed by atoms with Gasteiger partial charge >= 0.3 is 5.97 Å². The fourth-order valence-corrected chi connectivity index (χ4v) is 2.10. The van der Waals surface area contributed by atoms with E-state index < -0.39 is 12.1 Å². The minimum atomic E-state index is -0.902. The van der Waals surface area contributed by atoms with Crippen molar-refractivity contribution in [2.75, 3.05) is 19.7 Å². The summed E-state index contributed by atoms with van der Waals surface area (Å²) in [7, 11) is 0. The van der Waals surface area contributed by atoms with Crippen molar-refractivity contribution in [3.63, 3.8) is 0 Å². The molecule has 1 unspecified atom stereocenters. The molecule has 0 aromatic heterocycles. The van der Waals surface area contributed by atoms with E-state index in [4.69, 9.17) is 21.4 Å². The molecule has 0 amide bonds. The molecule has 0 spiro atoms. The number of hydrogen-bond donors (Lipinski definition) is 1. The van der Waals surface area contributed by atoms with Crippen LogP contribution in [0, 0.1) is 0 Å². The first-order valence-corrected chi connectivity index (χ1v) is 5.84. The largest absolute Gasteiger partial charge is 0.479 e. The Kier molecular flexibility index (Phi) is 5.88. The fraction of sp³-hybridized carbons (Fsp3) is 0.417. The van der Waals surface area contributed by atoms with E-state index in [0.29, 0.717) is 24.7 Å². The van der Waals surface area contributed by atoms with Crippen molar-refractivity contribution in [3.05, 3.63) is 34.9 Å². The van der Waals surface area contributed by atoms with Crippen LogP contribution in [0.15, 0.2) is 24.3 Å². The molecule has 0 bridgehead atoms. The highest BCUT2D eigenvalue weighted by atomic mass is 35.5. The average Bonchev–Trinajstić information content (AvgIpc) is 2.29. The number of aliphatic carboxylic acids is 1. The zero-order valence-corrected chi connectivity index (χ0v) is 11.3. The van der Waals surface area contributed by atoms with Crippen molar-refractivity contribution in [2.45, 2.75) is 12.6 Å². The predicted octanol–water partition coefficient (Wildman–Crippen LogP) is 2.05. The summed E-state index contributed by atoms with van der Waals surface area (Å²) < 4.78 is 5.16. The summed E-state index contributed by atoms with van der Waals surface area (Å²) in [5, 5.41) is 9.59. The number of ether oxygens (including phenoxy) is 1. The number of carboxylic acid groups (broad SMARTS) is 1. The number of benzene rings is 1. The molecular weight excluding hydrogens is 277 g/mol. The first-order chi connectivity index (χ1) is 8.15. The highest BCUT2D eigenvalue weighted by molar-refractivity contribution is 6.30. The van der Waals surface area contributed by atoms with Crippen LogP contribution in [0.25, 0.3) is 0 Å². The monoisotopic (exact) mass is 291 g/mol. The van der Waals surface area contributed by atoms with E-state index in [1.54, 1.807) is 0 Å². The minimum absolute atomic E-state index is 0. The van der Waals surface area contributed by atoms with Gasteiger partial charge in [0.1, 0.15) is 0 Å². The summed E-state index contributed by atoms with van der Waals surface area (Å²) in [5.74, 6) is -0.902. The van der Waals surface area contributed by atoms with Gasteiger partial charge in [-0.15, -0.1) is 12.4 Å². The lowest BCUT2D eigenvalue weighted by atomic mass is 10.2. The highest BCUT2D eigenvalue weighted by Gasteiger charge is 2.25. The van der Waals surface area contributed by atoms with Gasteiger partial charge in [0.25, 0.3) is 0 Å². The highest BCUT2D eigenvalue weighted by Crippen LogP contribution is 2.14. The topological polar surface area (TPSA) is 49.8 Å². The van der Waals surface area contributed by atoms with Crippen molar-refractivity contribution in [3.8, 4) is 0 Å². The maximum Gasteiger partial charge on any atom is 0.334 e. The fourth-order valence-electron chi connectivity index (χ4n) is 1.89. The summed E-state index contributed by atoms with van der Waals surface area (Å²) >= 11 is 5.90. The number of morpholine rings is 1. The molecule has 1 aliphatic heterocycles. The van der Waals surface area contributed by atoms with Gasteiger partial charge in [0, 0.05) is 24.7 Å². The number of carbonyl (C=O) groups is 1. The van der Waals surface area contributed by atoms with Gasteiger partial charge in [-0.2, -0.15) is 0 Å². The number of halogens is 2. The van der Waals surface area contributed by atoms with Crippen molar-refractivity contribution >= 4 is 30.0 Å². The molecule has 1 saturated heterocycles. The molecule has 0 radical (unpaired) electrons. The molecule has 1 heterocycles. The van der Waals surface area contributed by atoms with Gasteiger partial charge < -0.3 is 9.84 Å². The summed E-state index contributed by atoms with van der Waals surface area (Å²) in [6.45, 7) is 2.32. The van der Waals surface area contributed by atoms with Crippen LogP contribution < -0.4 is 0 Å². The number of nitrogens with zero attached hydrogens (tertiary/aromatic N) is 1. The standard InChI is InChI=1S/C12H14ClNO3.ClH/c13-10-3-1-2-9(6-10)7-14-4-5-17-11(8-14)12(15)16;/h1-3,6,11H,4-5,7-8H2,(H,15,16);1H. The third-order valence-corrected chi connectivity index (χ3v) is 2.96. The summed E-state index contributed by atoms with van der Waals surface area (Å²) in [6, 6.07) is 7.60. The van der Waals surface area contributed by atoms with Gasteiger partial charge in [0.05, 0.1) is 6.61 Å². The number of rotatable bonds is 3. The van der Waals surface area contributed by atoms with Crippen LogP contribution in [0.4, 0.5) is 0 Å². The van der Waals surface area contributed by atoms with Crippen LogP contribution in [0.5, 0.6) is 0 Å². The smallest absolute Gasteiger partial charge is 0.334 e.